The van der Waals surface area contributed by atoms with Crippen LogP contribution in [0.5, 0.6) is 11.5 Å². The fourth-order valence-electron chi connectivity index (χ4n) is 5.83. The summed E-state index contributed by atoms with van der Waals surface area (Å²) in [6.45, 7) is 9.13. The summed E-state index contributed by atoms with van der Waals surface area (Å²) in [5, 5.41) is 3.52. The SMILES string of the molecule is CCOC(=O)[C@H](Cc1ccc(OCCN[C@H]2C3CN(Cc4c(F)cc(F)cc4F)C[C@@H]32)cc1)Oc1ccc(C(C)C)cc1. The van der Waals surface area contributed by atoms with Gasteiger partial charge in [-0.1, -0.05) is 38.1 Å². The van der Waals surface area contributed by atoms with Crippen molar-refractivity contribution in [2.45, 2.75) is 51.8 Å². The first kappa shape index (κ1) is 30.9. The molecule has 5 rings (SSSR count). The van der Waals surface area contributed by atoms with Crippen LogP contribution in [-0.4, -0.2) is 55.9 Å². The molecule has 2 aliphatic rings. The van der Waals surface area contributed by atoms with E-state index in [4.69, 9.17) is 14.2 Å². The highest BCUT2D eigenvalue weighted by Gasteiger charge is 2.55. The van der Waals surface area contributed by atoms with Crippen molar-refractivity contribution >= 4 is 5.97 Å². The zero-order chi connectivity index (χ0) is 30.5. The molecule has 1 saturated carbocycles. The molecule has 230 valence electrons. The molecule has 1 N–H and O–H groups in total. The predicted molar refractivity (Wildman–Crippen MR) is 158 cm³/mol. The van der Waals surface area contributed by atoms with Gasteiger partial charge in [0.1, 0.15) is 35.6 Å². The molecule has 0 amide bonds. The largest absolute Gasteiger partial charge is 0.492 e. The second-order valence-electron chi connectivity index (χ2n) is 11.6. The standard InChI is InChI=1S/C34H39F3N2O4/c1-4-41-34(40)32(43-26-11-7-23(8-12-26)21(2)3)15-22-5-9-25(10-6-22)42-14-13-38-33-27-18-39(19-28(27)33)20-29-30(36)16-24(35)17-31(29)37/h5-12,16-17,21,27-28,32-33,38H,4,13-15,18-20H2,1-3H3/t27-,28?,32-,33+/m0/s1. The summed E-state index contributed by atoms with van der Waals surface area (Å²) in [5.74, 6) is -0.331. The van der Waals surface area contributed by atoms with E-state index in [2.05, 4.69) is 19.2 Å². The van der Waals surface area contributed by atoms with Crippen LogP contribution in [0, 0.1) is 29.3 Å². The van der Waals surface area contributed by atoms with E-state index in [9.17, 15) is 18.0 Å². The second-order valence-corrected chi connectivity index (χ2v) is 11.6. The molecule has 0 radical (unpaired) electrons. The third-order valence-corrected chi connectivity index (χ3v) is 8.23. The Bertz CT molecular complexity index is 1350. The van der Waals surface area contributed by atoms with Crippen molar-refractivity contribution in [3.63, 3.8) is 0 Å². The summed E-state index contributed by atoms with van der Waals surface area (Å²) in [7, 11) is 0. The zero-order valence-corrected chi connectivity index (χ0v) is 24.8. The molecule has 1 aliphatic carbocycles. The van der Waals surface area contributed by atoms with E-state index >= 15 is 0 Å². The monoisotopic (exact) mass is 596 g/mol. The van der Waals surface area contributed by atoms with Crippen LogP contribution in [0.4, 0.5) is 13.2 Å². The molecule has 0 bridgehead atoms. The van der Waals surface area contributed by atoms with Gasteiger partial charge in [-0.3, -0.25) is 4.90 Å². The molecule has 9 heteroatoms. The molecule has 1 aliphatic heterocycles. The van der Waals surface area contributed by atoms with Gasteiger partial charge in [-0.2, -0.15) is 0 Å². The molecule has 1 saturated heterocycles. The number of ether oxygens (including phenoxy) is 3. The minimum Gasteiger partial charge on any atom is -0.492 e. The van der Waals surface area contributed by atoms with E-state index in [1.807, 2.05) is 53.4 Å². The lowest BCUT2D eigenvalue weighted by atomic mass is 10.0. The third kappa shape index (κ3) is 7.89. The number of fused-ring (bicyclic) bond motifs is 1. The van der Waals surface area contributed by atoms with E-state index in [0.717, 1.165) is 36.5 Å². The van der Waals surface area contributed by atoms with Crippen molar-refractivity contribution in [3.05, 3.63) is 94.8 Å². The number of hydrogen-bond acceptors (Lipinski definition) is 6. The van der Waals surface area contributed by atoms with Crippen LogP contribution in [0.25, 0.3) is 0 Å². The lowest BCUT2D eigenvalue weighted by Crippen LogP contribution is -2.33. The molecule has 43 heavy (non-hydrogen) atoms. The van der Waals surface area contributed by atoms with Crippen molar-refractivity contribution in [2.75, 3.05) is 32.8 Å². The number of carbonyl (C=O) groups excluding carboxylic acids is 1. The van der Waals surface area contributed by atoms with E-state index in [1.54, 1.807) is 6.92 Å². The van der Waals surface area contributed by atoms with Gasteiger partial charge in [0.15, 0.2) is 6.10 Å². The maximum absolute atomic E-state index is 14.0. The number of piperidine rings is 1. The Kier molecular flexibility index (Phi) is 9.93. The van der Waals surface area contributed by atoms with Crippen molar-refractivity contribution in [1.82, 2.24) is 10.2 Å². The Morgan fingerprint density at radius 2 is 1.58 bits per heavy atom. The summed E-state index contributed by atoms with van der Waals surface area (Å²) >= 11 is 0. The Morgan fingerprint density at radius 3 is 2.19 bits per heavy atom. The van der Waals surface area contributed by atoms with Gasteiger partial charge >= 0.3 is 5.97 Å². The van der Waals surface area contributed by atoms with Crippen molar-refractivity contribution < 1.29 is 32.2 Å². The quantitative estimate of drug-likeness (QED) is 0.185. The number of nitrogens with zero attached hydrogens (tertiary/aromatic N) is 1. The number of hydrogen-bond donors (Lipinski definition) is 1. The number of benzene rings is 3. The van der Waals surface area contributed by atoms with Crippen LogP contribution in [0.1, 0.15) is 43.4 Å². The van der Waals surface area contributed by atoms with Gasteiger partial charge in [0.2, 0.25) is 0 Å². The highest BCUT2D eigenvalue weighted by molar-refractivity contribution is 5.75. The van der Waals surface area contributed by atoms with Gasteiger partial charge in [-0.25, -0.2) is 18.0 Å². The van der Waals surface area contributed by atoms with Crippen molar-refractivity contribution in [3.8, 4) is 11.5 Å². The van der Waals surface area contributed by atoms with Crippen LogP contribution in [0.3, 0.4) is 0 Å². The van der Waals surface area contributed by atoms with Crippen molar-refractivity contribution in [1.29, 1.82) is 0 Å². The number of esters is 1. The topological polar surface area (TPSA) is 60.0 Å². The molecule has 1 heterocycles. The number of halogens is 3. The molecular formula is C34H39F3N2O4. The van der Waals surface area contributed by atoms with Gasteiger partial charge in [0, 0.05) is 56.3 Å². The number of carbonyl (C=O) groups is 1. The summed E-state index contributed by atoms with van der Waals surface area (Å²) in [5.41, 5.74) is 2.05. The van der Waals surface area contributed by atoms with E-state index in [0.29, 0.717) is 49.1 Å². The molecule has 6 nitrogen and oxygen atoms in total. The Morgan fingerprint density at radius 1 is 0.953 bits per heavy atom. The zero-order valence-electron chi connectivity index (χ0n) is 24.8. The van der Waals surface area contributed by atoms with E-state index in [1.165, 1.54) is 5.56 Å². The van der Waals surface area contributed by atoms with Crippen LogP contribution in [0.2, 0.25) is 0 Å². The molecule has 3 aromatic carbocycles. The first-order valence-corrected chi connectivity index (χ1v) is 15.0. The van der Waals surface area contributed by atoms with Gasteiger partial charge < -0.3 is 19.5 Å². The fourth-order valence-corrected chi connectivity index (χ4v) is 5.83. The summed E-state index contributed by atoms with van der Waals surface area (Å²) < 4.78 is 58.3. The van der Waals surface area contributed by atoms with Gasteiger partial charge in [0.25, 0.3) is 0 Å². The van der Waals surface area contributed by atoms with Crippen LogP contribution >= 0.6 is 0 Å². The maximum Gasteiger partial charge on any atom is 0.347 e. The second kappa shape index (κ2) is 13.8. The average molecular weight is 597 g/mol. The normalized spacial score (nSPS) is 20.1. The van der Waals surface area contributed by atoms with Crippen LogP contribution < -0.4 is 14.8 Å². The maximum atomic E-state index is 14.0. The molecule has 1 unspecified atom stereocenters. The summed E-state index contributed by atoms with van der Waals surface area (Å²) in [6, 6.07) is 17.2. The van der Waals surface area contributed by atoms with Crippen molar-refractivity contribution in [2.24, 2.45) is 11.8 Å². The molecule has 4 atom stereocenters. The highest BCUT2D eigenvalue weighted by Crippen LogP contribution is 2.46. The van der Waals surface area contributed by atoms with Gasteiger partial charge in [-0.05, 0) is 60.1 Å². The van der Waals surface area contributed by atoms with Crippen LogP contribution in [-0.2, 0) is 22.5 Å². The number of rotatable bonds is 14. The Balaban J connectivity index is 1.04. The minimum atomic E-state index is -0.901. The van der Waals surface area contributed by atoms with E-state index in [-0.39, 0.29) is 18.7 Å². The first-order valence-electron chi connectivity index (χ1n) is 15.0. The molecule has 3 aromatic rings. The van der Waals surface area contributed by atoms with Gasteiger partial charge in [-0.15, -0.1) is 0 Å². The molecular weight excluding hydrogens is 557 g/mol. The van der Waals surface area contributed by atoms with E-state index < -0.39 is 29.5 Å². The smallest absolute Gasteiger partial charge is 0.347 e. The predicted octanol–water partition coefficient (Wildman–Crippen LogP) is 5.88. The Hall–Kier alpha value is -3.56. The van der Waals surface area contributed by atoms with Crippen LogP contribution in [0.15, 0.2) is 60.7 Å². The number of nitrogens with one attached hydrogen (secondary N) is 1. The summed E-state index contributed by atoms with van der Waals surface area (Å²) in [6.07, 6.45) is -0.391. The first-order chi connectivity index (χ1) is 20.7. The summed E-state index contributed by atoms with van der Waals surface area (Å²) in [4.78, 5) is 14.6. The molecule has 0 spiro atoms. The third-order valence-electron chi connectivity index (χ3n) is 8.23. The molecule has 0 aromatic heterocycles. The average Bonchev–Trinajstić information content (AvgIpc) is 3.42. The lowest BCUT2D eigenvalue weighted by Gasteiger charge is -2.20. The molecule has 2 fully saturated rings. The minimum absolute atomic E-state index is 0.0769. The number of likely N-dealkylation sites (tertiary alicyclic amines) is 1. The Labute approximate surface area is 251 Å². The lowest BCUT2D eigenvalue weighted by molar-refractivity contribution is -0.151. The highest BCUT2D eigenvalue weighted by atomic mass is 19.1. The fraction of sp³-hybridized carbons (Fsp3) is 0.441. The van der Waals surface area contributed by atoms with Gasteiger partial charge in [0.05, 0.1) is 6.61 Å².